The summed E-state index contributed by atoms with van der Waals surface area (Å²) in [4.78, 5) is 17.7. The SMILES string of the molecule is CCOc1cc(/C=C/c2nc3cc(Cl)ccc3o2)cc(Br)c1OCC(=O)N(C)C. The lowest BCUT2D eigenvalue weighted by molar-refractivity contribution is -0.130. The number of ether oxygens (including phenoxy) is 2. The molecular formula is C21H20BrClN2O4. The normalized spacial score (nSPS) is 11.2. The number of hydrogen-bond acceptors (Lipinski definition) is 5. The fourth-order valence-corrected chi connectivity index (χ4v) is 3.25. The fourth-order valence-electron chi connectivity index (χ4n) is 2.51. The highest BCUT2D eigenvalue weighted by Gasteiger charge is 2.14. The van der Waals surface area contributed by atoms with Crippen LogP contribution >= 0.6 is 27.5 Å². The third-order valence-electron chi connectivity index (χ3n) is 3.95. The van der Waals surface area contributed by atoms with Crippen molar-refractivity contribution in [3.05, 3.63) is 51.3 Å². The van der Waals surface area contributed by atoms with E-state index in [1.807, 2.05) is 25.1 Å². The maximum atomic E-state index is 11.8. The molecule has 0 aliphatic rings. The van der Waals surface area contributed by atoms with E-state index in [1.54, 1.807) is 38.4 Å². The van der Waals surface area contributed by atoms with E-state index in [0.717, 1.165) is 5.56 Å². The van der Waals surface area contributed by atoms with Crippen LogP contribution in [0.4, 0.5) is 0 Å². The number of halogens is 2. The monoisotopic (exact) mass is 478 g/mol. The van der Waals surface area contributed by atoms with Gasteiger partial charge in [-0.3, -0.25) is 4.79 Å². The molecule has 1 aromatic heterocycles. The number of nitrogens with zero attached hydrogens (tertiary/aromatic N) is 2. The third kappa shape index (κ3) is 5.31. The van der Waals surface area contributed by atoms with E-state index in [-0.39, 0.29) is 12.5 Å². The van der Waals surface area contributed by atoms with Gasteiger partial charge in [0.1, 0.15) is 5.52 Å². The van der Waals surface area contributed by atoms with Crippen LogP contribution in [0.5, 0.6) is 11.5 Å². The summed E-state index contributed by atoms with van der Waals surface area (Å²) in [6.07, 6.45) is 3.62. The van der Waals surface area contributed by atoms with Crippen molar-refractivity contribution in [2.24, 2.45) is 0 Å². The molecule has 0 unspecified atom stereocenters. The summed E-state index contributed by atoms with van der Waals surface area (Å²) in [5.41, 5.74) is 2.22. The molecule has 0 bridgehead atoms. The van der Waals surface area contributed by atoms with Crippen LogP contribution in [0.15, 0.2) is 39.2 Å². The number of carbonyl (C=O) groups excluding carboxylic acids is 1. The molecule has 0 fully saturated rings. The molecule has 0 spiro atoms. The van der Waals surface area contributed by atoms with Crippen LogP contribution in [0.25, 0.3) is 23.3 Å². The number of benzene rings is 2. The lowest BCUT2D eigenvalue weighted by Crippen LogP contribution is -2.27. The van der Waals surface area contributed by atoms with Gasteiger partial charge in [0.05, 0.1) is 11.1 Å². The Morgan fingerprint density at radius 3 is 2.76 bits per heavy atom. The third-order valence-corrected chi connectivity index (χ3v) is 4.78. The van der Waals surface area contributed by atoms with Gasteiger partial charge in [0.15, 0.2) is 23.7 Å². The molecule has 0 aliphatic heterocycles. The summed E-state index contributed by atoms with van der Waals surface area (Å²) >= 11 is 9.49. The van der Waals surface area contributed by atoms with Crippen molar-refractivity contribution >= 4 is 56.7 Å². The predicted molar refractivity (Wildman–Crippen MR) is 117 cm³/mol. The molecule has 152 valence electrons. The van der Waals surface area contributed by atoms with Crippen molar-refractivity contribution in [2.75, 3.05) is 27.3 Å². The molecule has 1 heterocycles. The Hall–Kier alpha value is -2.51. The number of oxazole rings is 1. The number of carbonyl (C=O) groups is 1. The topological polar surface area (TPSA) is 64.8 Å². The van der Waals surface area contributed by atoms with Gasteiger partial charge in [-0.05, 0) is 64.8 Å². The molecule has 0 saturated heterocycles. The van der Waals surface area contributed by atoms with Gasteiger partial charge in [0, 0.05) is 25.2 Å². The summed E-state index contributed by atoms with van der Waals surface area (Å²) in [5.74, 6) is 1.35. The molecule has 0 radical (unpaired) electrons. The molecule has 2 aromatic carbocycles. The minimum absolute atomic E-state index is 0.0771. The van der Waals surface area contributed by atoms with Crippen LogP contribution in [-0.2, 0) is 4.79 Å². The van der Waals surface area contributed by atoms with Crippen molar-refractivity contribution in [1.82, 2.24) is 9.88 Å². The Kier molecular flexibility index (Phi) is 6.82. The van der Waals surface area contributed by atoms with Gasteiger partial charge in [-0.25, -0.2) is 4.98 Å². The minimum atomic E-state index is -0.139. The summed E-state index contributed by atoms with van der Waals surface area (Å²) in [6.45, 7) is 2.27. The van der Waals surface area contributed by atoms with Crippen molar-refractivity contribution in [3.8, 4) is 11.5 Å². The molecule has 8 heteroatoms. The molecule has 6 nitrogen and oxygen atoms in total. The Bertz CT molecular complexity index is 1060. The lowest BCUT2D eigenvalue weighted by Gasteiger charge is -2.16. The summed E-state index contributed by atoms with van der Waals surface area (Å²) in [5, 5.41) is 0.606. The molecule has 29 heavy (non-hydrogen) atoms. The second kappa shape index (κ2) is 9.33. The van der Waals surface area contributed by atoms with Crippen LogP contribution in [0.2, 0.25) is 5.02 Å². The highest BCUT2D eigenvalue weighted by molar-refractivity contribution is 9.10. The average Bonchev–Trinajstić information content (AvgIpc) is 3.07. The molecular weight excluding hydrogens is 460 g/mol. The van der Waals surface area contributed by atoms with Crippen LogP contribution in [0, 0.1) is 0 Å². The Labute approximate surface area is 182 Å². The number of aromatic nitrogens is 1. The van der Waals surface area contributed by atoms with E-state index in [1.165, 1.54) is 4.90 Å². The molecule has 0 N–H and O–H groups in total. The van der Waals surface area contributed by atoms with Crippen LogP contribution in [0.3, 0.4) is 0 Å². The van der Waals surface area contributed by atoms with Gasteiger partial charge in [-0.2, -0.15) is 0 Å². The standard InChI is InChI=1S/C21H20BrClN2O4/c1-4-27-18-10-13(9-15(22)21(18)28-12-20(26)25(2)3)5-8-19-24-16-11-14(23)6-7-17(16)29-19/h5-11H,4,12H2,1-3H3/b8-5+. The second-order valence-electron chi connectivity index (χ2n) is 6.34. The van der Waals surface area contributed by atoms with Gasteiger partial charge in [0.2, 0.25) is 5.89 Å². The molecule has 3 rings (SSSR count). The van der Waals surface area contributed by atoms with E-state index < -0.39 is 0 Å². The highest BCUT2D eigenvalue weighted by atomic mass is 79.9. The van der Waals surface area contributed by atoms with Gasteiger partial charge >= 0.3 is 0 Å². The quantitative estimate of drug-likeness (QED) is 0.461. The van der Waals surface area contributed by atoms with Crippen LogP contribution < -0.4 is 9.47 Å². The van der Waals surface area contributed by atoms with E-state index in [2.05, 4.69) is 20.9 Å². The predicted octanol–water partition coefficient (Wildman–Crippen LogP) is 5.28. The molecule has 0 aliphatic carbocycles. The molecule has 3 aromatic rings. The molecule has 1 amide bonds. The Morgan fingerprint density at radius 1 is 1.24 bits per heavy atom. The summed E-state index contributed by atoms with van der Waals surface area (Å²) in [7, 11) is 3.36. The zero-order valence-corrected chi connectivity index (χ0v) is 18.6. The molecule has 0 atom stereocenters. The summed E-state index contributed by atoms with van der Waals surface area (Å²) in [6, 6.07) is 9.00. The number of fused-ring (bicyclic) bond motifs is 1. The van der Waals surface area contributed by atoms with E-state index >= 15 is 0 Å². The van der Waals surface area contributed by atoms with Crippen LogP contribution in [0.1, 0.15) is 18.4 Å². The first-order valence-electron chi connectivity index (χ1n) is 8.91. The summed E-state index contributed by atoms with van der Waals surface area (Å²) < 4.78 is 17.8. The Balaban J connectivity index is 1.84. The molecule has 0 saturated carbocycles. The van der Waals surface area contributed by atoms with Gasteiger partial charge in [-0.15, -0.1) is 0 Å². The van der Waals surface area contributed by atoms with E-state index in [0.29, 0.717) is 44.6 Å². The zero-order valence-electron chi connectivity index (χ0n) is 16.2. The first-order chi connectivity index (χ1) is 13.9. The number of hydrogen-bond donors (Lipinski definition) is 0. The first kappa shape index (κ1) is 21.2. The number of amides is 1. The van der Waals surface area contributed by atoms with Gasteiger partial charge < -0.3 is 18.8 Å². The van der Waals surface area contributed by atoms with Crippen molar-refractivity contribution in [3.63, 3.8) is 0 Å². The highest BCUT2D eigenvalue weighted by Crippen LogP contribution is 2.37. The average molecular weight is 480 g/mol. The van der Waals surface area contributed by atoms with Crippen molar-refractivity contribution in [2.45, 2.75) is 6.92 Å². The maximum absolute atomic E-state index is 11.8. The minimum Gasteiger partial charge on any atom is -0.490 e. The van der Waals surface area contributed by atoms with Gasteiger partial charge in [-0.1, -0.05) is 11.6 Å². The Morgan fingerprint density at radius 2 is 2.03 bits per heavy atom. The second-order valence-corrected chi connectivity index (χ2v) is 7.63. The van der Waals surface area contributed by atoms with Gasteiger partial charge in [0.25, 0.3) is 5.91 Å². The number of likely N-dealkylation sites (N-methyl/N-ethyl adjacent to an activating group) is 1. The van der Waals surface area contributed by atoms with E-state index in [9.17, 15) is 4.79 Å². The first-order valence-corrected chi connectivity index (χ1v) is 10.1. The van der Waals surface area contributed by atoms with Crippen LogP contribution in [-0.4, -0.2) is 43.1 Å². The smallest absolute Gasteiger partial charge is 0.259 e. The van der Waals surface area contributed by atoms with Crippen molar-refractivity contribution < 1.29 is 18.7 Å². The maximum Gasteiger partial charge on any atom is 0.259 e. The fraction of sp³-hybridized carbons (Fsp3) is 0.238. The lowest BCUT2D eigenvalue weighted by atomic mass is 10.2. The van der Waals surface area contributed by atoms with Crippen molar-refractivity contribution in [1.29, 1.82) is 0 Å². The number of rotatable bonds is 7. The zero-order chi connectivity index (χ0) is 21.0. The largest absolute Gasteiger partial charge is 0.490 e. The van der Waals surface area contributed by atoms with E-state index in [4.69, 9.17) is 25.5 Å².